The van der Waals surface area contributed by atoms with Gasteiger partial charge < -0.3 is 4.74 Å². The van der Waals surface area contributed by atoms with Gasteiger partial charge in [0.05, 0.1) is 17.4 Å². The molecule has 148 valence electrons. The van der Waals surface area contributed by atoms with Crippen LogP contribution in [0.1, 0.15) is 22.8 Å². The number of benzene rings is 2. The summed E-state index contributed by atoms with van der Waals surface area (Å²) in [6.45, 7) is 7.15. The summed E-state index contributed by atoms with van der Waals surface area (Å²) >= 11 is 0. The zero-order valence-electron chi connectivity index (χ0n) is 15.8. The van der Waals surface area contributed by atoms with Gasteiger partial charge >= 0.3 is 5.97 Å². The fourth-order valence-corrected chi connectivity index (χ4v) is 3.85. The number of ether oxygens (including phenoxy) is 1. The minimum atomic E-state index is -4.06. The minimum absolute atomic E-state index is 0.00404. The summed E-state index contributed by atoms with van der Waals surface area (Å²) in [5, 5.41) is 0. The van der Waals surface area contributed by atoms with E-state index in [1.165, 1.54) is 18.2 Å². The molecule has 0 saturated carbocycles. The Kier molecular flexibility index (Phi) is 7.25. The van der Waals surface area contributed by atoms with Crippen LogP contribution in [0.2, 0.25) is 0 Å². The average molecular weight is 401 g/mol. The molecule has 0 bridgehead atoms. The van der Waals surface area contributed by atoms with E-state index in [4.69, 9.17) is 4.74 Å². The molecule has 2 rings (SSSR count). The molecule has 0 spiro atoms. The van der Waals surface area contributed by atoms with Crippen LogP contribution in [0.25, 0.3) is 0 Å². The molecule has 0 saturated heterocycles. The number of carbonyl (C=O) groups is 2. The second kappa shape index (κ2) is 9.43. The maximum absolute atomic E-state index is 13.0. The second-order valence-electron chi connectivity index (χ2n) is 6.16. The Labute approximate surface area is 165 Å². The number of sulfonamides is 1. The lowest BCUT2D eigenvalue weighted by atomic mass is 9.93. The Bertz CT molecular complexity index is 937. The highest BCUT2D eigenvalue weighted by Crippen LogP contribution is 2.18. The van der Waals surface area contributed by atoms with Gasteiger partial charge in [-0.25, -0.2) is 8.42 Å². The Morgan fingerprint density at radius 1 is 1.11 bits per heavy atom. The van der Waals surface area contributed by atoms with Crippen LogP contribution in [0.4, 0.5) is 0 Å². The van der Waals surface area contributed by atoms with Crippen molar-refractivity contribution in [2.75, 3.05) is 6.61 Å². The molecule has 6 nitrogen and oxygen atoms in total. The normalized spacial score (nSPS) is 13.4. The molecule has 28 heavy (non-hydrogen) atoms. The largest absolute Gasteiger partial charge is 0.465 e. The first-order valence-corrected chi connectivity index (χ1v) is 10.3. The highest BCUT2D eigenvalue weighted by Gasteiger charge is 2.36. The summed E-state index contributed by atoms with van der Waals surface area (Å²) in [6, 6.07) is 13.0. The Hall–Kier alpha value is -2.77. The van der Waals surface area contributed by atoms with Gasteiger partial charge in [0.1, 0.15) is 6.04 Å². The summed E-state index contributed by atoms with van der Waals surface area (Å²) in [7, 11) is -4.06. The second-order valence-corrected chi connectivity index (χ2v) is 7.87. The first-order valence-electron chi connectivity index (χ1n) is 8.77. The Morgan fingerprint density at radius 3 is 2.25 bits per heavy atom. The molecule has 7 heteroatoms. The fraction of sp³-hybridized carbons (Fsp3) is 0.238. The highest BCUT2D eigenvalue weighted by molar-refractivity contribution is 7.89. The van der Waals surface area contributed by atoms with E-state index in [9.17, 15) is 18.0 Å². The van der Waals surface area contributed by atoms with Crippen LogP contribution in [-0.4, -0.2) is 32.8 Å². The van der Waals surface area contributed by atoms with Gasteiger partial charge in [-0.1, -0.05) is 54.1 Å². The number of rotatable bonds is 9. The van der Waals surface area contributed by atoms with E-state index in [2.05, 4.69) is 11.3 Å². The van der Waals surface area contributed by atoms with Crippen molar-refractivity contribution in [1.82, 2.24) is 4.72 Å². The van der Waals surface area contributed by atoms with Crippen LogP contribution in [-0.2, 0) is 19.6 Å². The summed E-state index contributed by atoms with van der Waals surface area (Å²) < 4.78 is 33.1. The lowest BCUT2D eigenvalue weighted by molar-refractivity contribution is -0.146. The van der Waals surface area contributed by atoms with Gasteiger partial charge in [0.15, 0.2) is 5.78 Å². The zero-order valence-corrected chi connectivity index (χ0v) is 16.6. The molecule has 0 amide bonds. The van der Waals surface area contributed by atoms with E-state index in [1.54, 1.807) is 49.4 Å². The van der Waals surface area contributed by atoms with Crippen molar-refractivity contribution in [2.24, 2.45) is 5.92 Å². The van der Waals surface area contributed by atoms with Gasteiger partial charge in [-0.2, -0.15) is 4.72 Å². The number of aryl methyl sites for hydroxylation is 1. The van der Waals surface area contributed by atoms with Crippen LogP contribution in [0.3, 0.4) is 0 Å². The monoisotopic (exact) mass is 401 g/mol. The number of Topliss-reactive ketones (excluding diaryl/α,β-unsaturated/α-hetero) is 1. The average Bonchev–Trinajstić information content (AvgIpc) is 2.68. The Morgan fingerprint density at radius 2 is 1.71 bits per heavy atom. The van der Waals surface area contributed by atoms with Crippen LogP contribution in [0, 0.1) is 12.8 Å². The smallest absolute Gasteiger partial charge is 0.314 e. The predicted octanol–water partition coefficient (Wildman–Crippen LogP) is 2.89. The van der Waals surface area contributed by atoms with E-state index < -0.39 is 33.7 Å². The number of nitrogens with one attached hydrogen (secondary N) is 1. The number of ketones is 1. The molecule has 0 aliphatic heterocycles. The quantitative estimate of drug-likeness (QED) is 0.396. The number of hydrogen-bond donors (Lipinski definition) is 1. The molecule has 0 radical (unpaired) electrons. The fourth-order valence-electron chi connectivity index (χ4n) is 2.63. The molecule has 2 aromatic carbocycles. The molecule has 0 aromatic heterocycles. The molecular weight excluding hydrogens is 378 g/mol. The number of carbonyl (C=O) groups excluding carboxylic acids is 2. The van der Waals surface area contributed by atoms with E-state index >= 15 is 0 Å². The highest BCUT2D eigenvalue weighted by atomic mass is 32.2. The van der Waals surface area contributed by atoms with Crippen molar-refractivity contribution in [3.05, 3.63) is 78.4 Å². The van der Waals surface area contributed by atoms with Crippen molar-refractivity contribution in [2.45, 2.75) is 24.8 Å². The molecule has 0 fully saturated rings. The first kappa shape index (κ1) is 21.5. The summed E-state index contributed by atoms with van der Waals surface area (Å²) in [5.74, 6) is -2.44. The summed E-state index contributed by atoms with van der Waals surface area (Å²) in [6.07, 6.45) is 1.22. The number of hydrogen-bond acceptors (Lipinski definition) is 5. The summed E-state index contributed by atoms with van der Waals surface area (Å²) in [5.41, 5.74) is 1.17. The molecule has 0 aliphatic rings. The van der Waals surface area contributed by atoms with Gasteiger partial charge in [0.25, 0.3) is 0 Å². The number of esters is 1. The van der Waals surface area contributed by atoms with Crippen LogP contribution in [0.5, 0.6) is 0 Å². The Balaban J connectivity index is 2.45. The van der Waals surface area contributed by atoms with Gasteiger partial charge in [0.2, 0.25) is 10.0 Å². The van der Waals surface area contributed by atoms with Gasteiger partial charge in [0, 0.05) is 5.56 Å². The third kappa shape index (κ3) is 5.15. The molecular formula is C21H23NO5S. The van der Waals surface area contributed by atoms with Gasteiger partial charge in [-0.15, -0.1) is 6.58 Å². The third-order valence-corrected chi connectivity index (χ3v) is 5.58. The topological polar surface area (TPSA) is 89.5 Å². The minimum Gasteiger partial charge on any atom is -0.465 e. The predicted molar refractivity (Wildman–Crippen MR) is 106 cm³/mol. The van der Waals surface area contributed by atoms with E-state index in [0.29, 0.717) is 0 Å². The SMILES string of the molecule is C=C[C@H](C(=O)OCC)[C@H](NS(=O)(=O)c1ccc(C)cc1)C(=O)c1ccccc1. The molecule has 1 N–H and O–H groups in total. The molecule has 0 unspecified atom stereocenters. The maximum Gasteiger partial charge on any atom is 0.314 e. The van der Waals surface area contributed by atoms with Crippen molar-refractivity contribution in [3.8, 4) is 0 Å². The van der Waals surface area contributed by atoms with E-state index in [-0.39, 0.29) is 17.1 Å². The first-order chi connectivity index (χ1) is 13.3. The summed E-state index contributed by atoms with van der Waals surface area (Å²) in [4.78, 5) is 25.4. The maximum atomic E-state index is 13.0. The van der Waals surface area contributed by atoms with E-state index in [1.807, 2.05) is 6.92 Å². The molecule has 0 aliphatic carbocycles. The molecule has 2 atom stereocenters. The van der Waals surface area contributed by atoms with Crippen LogP contribution < -0.4 is 4.72 Å². The van der Waals surface area contributed by atoms with E-state index in [0.717, 1.165) is 5.56 Å². The standard InChI is InChI=1S/C21H23NO5S/c1-4-18(21(24)27-5-2)19(20(23)16-9-7-6-8-10-16)22-28(25,26)17-13-11-15(3)12-14-17/h4,6-14,18-19,22H,1,5H2,2-3H3/t18-,19-/m0/s1. The van der Waals surface area contributed by atoms with Gasteiger partial charge in [-0.3, -0.25) is 9.59 Å². The lowest BCUT2D eigenvalue weighted by Crippen LogP contribution is -2.48. The van der Waals surface area contributed by atoms with Crippen molar-refractivity contribution >= 4 is 21.8 Å². The van der Waals surface area contributed by atoms with Crippen LogP contribution in [0.15, 0.2) is 72.1 Å². The molecule has 0 heterocycles. The molecule has 2 aromatic rings. The third-order valence-electron chi connectivity index (χ3n) is 4.13. The van der Waals surface area contributed by atoms with Crippen molar-refractivity contribution < 1.29 is 22.7 Å². The van der Waals surface area contributed by atoms with Crippen LogP contribution >= 0.6 is 0 Å². The lowest BCUT2D eigenvalue weighted by Gasteiger charge is -2.23. The van der Waals surface area contributed by atoms with Crippen molar-refractivity contribution in [3.63, 3.8) is 0 Å². The zero-order chi connectivity index (χ0) is 20.7. The van der Waals surface area contributed by atoms with Crippen molar-refractivity contribution in [1.29, 1.82) is 0 Å². The van der Waals surface area contributed by atoms with Gasteiger partial charge in [-0.05, 0) is 26.0 Å².